The molecule has 3 heterocycles. The Labute approximate surface area is 155 Å². The molecule has 0 spiro atoms. The van der Waals surface area contributed by atoms with Gasteiger partial charge in [0, 0.05) is 57.6 Å². The van der Waals surface area contributed by atoms with Crippen LogP contribution >= 0.6 is 0 Å². The van der Waals surface area contributed by atoms with Crippen LogP contribution in [0.5, 0.6) is 0 Å². The number of hydrogen-bond donors (Lipinski definition) is 0. The van der Waals surface area contributed by atoms with Crippen molar-refractivity contribution >= 4 is 10.9 Å². The van der Waals surface area contributed by atoms with Gasteiger partial charge < -0.3 is 9.47 Å². The minimum atomic E-state index is 0.613. The van der Waals surface area contributed by atoms with Crippen molar-refractivity contribution in [3.63, 3.8) is 0 Å². The summed E-state index contributed by atoms with van der Waals surface area (Å²) in [5.74, 6) is 0.613. The third-order valence-corrected chi connectivity index (χ3v) is 5.43. The average molecular weight is 349 g/mol. The van der Waals surface area contributed by atoms with Crippen molar-refractivity contribution in [2.24, 2.45) is 13.0 Å². The molecule has 0 saturated carbocycles. The van der Waals surface area contributed by atoms with Gasteiger partial charge in [0.15, 0.2) is 0 Å². The Morgan fingerprint density at radius 3 is 2.85 bits per heavy atom. The van der Waals surface area contributed by atoms with Crippen LogP contribution in [0.15, 0.2) is 49.1 Å². The Kier molecular flexibility index (Phi) is 5.00. The molecule has 1 aromatic carbocycles. The summed E-state index contributed by atoms with van der Waals surface area (Å²) in [5, 5.41) is 1.29. The third kappa shape index (κ3) is 3.79. The Balaban J connectivity index is 1.53. The van der Waals surface area contributed by atoms with Gasteiger partial charge in [-0.1, -0.05) is 18.2 Å². The second-order valence-corrected chi connectivity index (χ2v) is 7.55. The third-order valence-electron chi connectivity index (χ3n) is 5.43. The molecule has 1 saturated heterocycles. The van der Waals surface area contributed by atoms with Gasteiger partial charge >= 0.3 is 0 Å². The summed E-state index contributed by atoms with van der Waals surface area (Å²) in [6.07, 6.45) is 6.84. The summed E-state index contributed by atoms with van der Waals surface area (Å²) < 4.78 is 2.12. The summed E-state index contributed by atoms with van der Waals surface area (Å²) >= 11 is 0. The van der Waals surface area contributed by atoms with Gasteiger partial charge in [0.2, 0.25) is 0 Å². The second-order valence-electron chi connectivity index (χ2n) is 7.55. The molecule has 4 rings (SSSR count). The number of aryl methyl sites for hydroxylation is 1. The number of nitrogens with zero attached hydrogens (tertiary/aromatic N) is 5. The second kappa shape index (κ2) is 7.56. The van der Waals surface area contributed by atoms with Gasteiger partial charge in [0.1, 0.15) is 0 Å². The van der Waals surface area contributed by atoms with Gasteiger partial charge in [-0.05, 0) is 37.1 Å². The fraction of sp³-hybridized carbons (Fsp3) is 0.429. The average Bonchev–Trinajstić information content (AvgIpc) is 2.95. The van der Waals surface area contributed by atoms with E-state index in [2.05, 4.69) is 62.7 Å². The zero-order valence-electron chi connectivity index (χ0n) is 15.7. The van der Waals surface area contributed by atoms with Crippen LogP contribution in [0.2, 0.25) is 0 Å². The Bertz CT molecular complexity index is 866. The molecule has 0 aliphatic carbocycles. The molecule has 0 amide bonds. The molecule has 0 radical (unpaired) electrons. The maximum Gasteiger partial charge on any atom is 0.0945 e. The highest BCUT2D eigenvalue weighted by molar-refractivity contribution is 5.81. The molecule has 0 N–H and O–H groups in total. The lowest BCUT2D eigenvalue weighted by Gasteiger charge is -2.24. The predicted molar refractivity (Wildman–Crippen MR) is 105 cm³/mol. The predicted octanol–water partition coefficient (Wildman–Crippen LogP) is 2.57. The van der Waals surface area contributed by atoms with E-state index in [0.717, 1.165) is 44.7 Å². The number of rotatable bonds is 4. The highest BCUT2D eigenvalue weighted by atomic mass is 15.2. The van der Waals surface area contributed by atoms with Crippen LogP contribution in [0.4, 0.5) is 0 Å². The Morgan fingerprint density at radius 2 is 2.00 bits per heavy atom. The fourth-order valence-electron chi connectivity index (χ4n) is 4.05. The minimum absolute atomic E-state index is 0.613. The van der Waals surface area contributed by atoms with E-state index in [1.54, 1.807) is 0 Å². The number of pyridine rings is 1. The number of hydrogen-bond acceptors (Lipinski definition) is 4. The van der Waals surface area contributed by atoms with Gasteiger partial charge in [0.25, 0.3) is 0 Å². The normalized spacial score (nSPS) is 19.7. The van der Waals surface area contributed by atoms with Crippen molar-refractivity contribution in [2.45, 2.75) is 13.0 Å². The van der Waals surface area contributed by atoms with Crippen molar-refractivity contribution in [3.8, 4) is 0 Å². The standard InChI is InChI=1S/C21H27N5/c1-24-9-10-26(15-19-12-22-16-25(19)2)14-17(13-24)11-18-5-3-7-21-20(18)6-4-8-23-21/h3-8,12,16-17H,9-11,13-15H2,1-2H3/t17-/m0/s1. The molecule has 5 nitrogen and oxygen atoms in total. The van der Waals surface area contributed by atoms with Crippen LogP contribution in [0.3, 0.4) is 0 Å². The molecular weight excluding hydrogens is 322 g/mol. The molecular formula is C21H27N5. The monoisotopic (exact) mass is 349 g/mol. The first kappa shape index (κ1) is 17.2. The molecule has 1 aliphatic heterocycles. The highest BCUT2D eigenvalue weighted by Crippen LogP contribution is 2.22. The molecule has 1 atom stereocenters. The summed E-state index contributed by atoms with van der Waals surface area (Å²) in [6.45, 7) is 5.45. The van der Waals surface area contributed by atoms with E-state index >= 15 is 0 Å². The topological polar surface area (TPSA) is 37.2 Å². The van der Waals surface area contributed by atoms with E-state index in [-0.39, 0.29) is 0 Å². The number of fused-ring (bicyclic) bond motifs is 1. The number of benzene rings is 1. The van der Waals surface area contributed by atoms with Gasteiger partial charge in [0.05, 0.1) is 17.5 Å². The van der Waals surface area contributed by atoms with Crippen molar-refractivity contribution in [1.82, 2.24) is 24.3 Å². The molecule has 136 valence electrons. The summed E-state index contributed by atoms with van der Waals surface area (Å²) in [7, 11) is 4.32. The van der Waals surface area contributed by atoms with Crippen LogP contribution < -0.4 is 0 Å². The molecule has 26 heavy (non-hydrogen) atoms. The number of imidazole rings is 1. The maximum atomic E-state index is 4.51. The van der Waals surface area contributed by atoms with E-state index in [1.165, 1.54) is 16.6 Å². The van der Waals surface area contributed by atoms with Crippen LogP contribution in [-0.4, -0.2) is 57.6 Å². The van der Waals surface area contributed by atoms with Gasteiger partial charge in [-0.2, -0.15) is 0 Å². The van der Waals surface area contributed by atoms with Crippen molar-refractivity contribution in [3.05, 3.63) is 60.3 Å². The van der Waals surface area contributed by atoms with Gasteiger partial charge in [-0.15, -0.1) is 0 Å². The molecule has 0 unspecified atom stereocenters. The minimum Gasteiger partial charge on any atom is -0.337 e. The van der Waals surface area contributed by atoms with Crippen LogP contribution in [-0.2, 0) is 20.0 Å². The summed E-state index contributed by atoms with van der Waals surface area (Å²) in [4.78, 5) is 13.8. The van der Waals surface area contributed by atoms with E-state index in [1.807, 2.05) is 24.8 Å². The van der Waals surface area contributed by atoms with Crippen molar-refractivity contribution < 1.29 is 0 Å². The smallest absolute Gasteiger partial charge is 0.0945 e. The molecule has 3 aromatic rings. The lowest BCUT2D eigenvalue weighted by atomic mass is 9.95. The lowest BCUT2D eigenvalue weighted by molar-refractivity contribution is 0.244. The van der Waals surface area contributed by atoms with E-state index in [9.17, 15) is 0 Å². The Morgan fingerprint density at radius 1 is 1.08 bits per heavy atom. The highest BCUT2D eigenvalue weighted by Gasteiger charge is 2.22. The van der Waals surface area contributed by atoms with Crippen molar-refractivity contribution in [1.29, 1.82) is 0 Å². The maximum absolute atomic E-state index is 4.51. The lowest BCUT2D eigenvalue weighted by Crippen LogP contribution is -2.31. The van der Waals surface area contributed by atoms with Crippen molar-refractivity contribution in [2.75, 3.05) is 33.2 Å². The zero-order chi connectivity index (χ0) is 17.9. The first-order valence-electron chi connectivity index (χ1n) is 9.38. The fourth-order valence-corrected chi connectivity index (χ4v) is 4.05. The quantitative estimate of drug-likeness (QED) is 0.725. The SMILES string of the molecule is CN1CCN(Cc2cncn2C)C[C@@H](Cc2cccc3ncccc23)C1. The molecule has 1 fully saturated rings. The van der Waals surface area contributed by atoms with E-state index in [0.29, 0.717) is 5.92 Å². The number of likely N-dealkylation sites (N-methyl/N-ethyl adjacent to an activating group) is 1. The molecule has 0 bridgehead atoms. The van der Waals surface area contributed by atoms with Crippen LogP contribution in [0, 0.1) is 5.92 Å². The summed E-state index contributed by atoms with van der Waals surface area (Å²) in [6, 6.07) is 10.7. The molecule has 5 heteroatoms. The first-order chi connectivity index (χ1) is 12.7. The number of aromatic nitrogens is 3. The summed E-state index contributed by atoms with van der Waals surface area (Å²) in [5.41, 5.74) is 3.79. The van der Waals surface area contributed by atoms with E-state index in [4.69, 9.17) is 0 Å². The molecule has 1 aliphatic rings. The Hall–Kier alpha value is -2.24. The first-order valence-corrected chi connectivity index (χ1v) is 9.38. The van der Waals surface area contributed by atoms with E-state index < -0.39 is 0 Å². The van der Waals surface area contributed by atoms with Crippen LogP contribution in [0.1, 0.15) is 11.3 Å². The van der Waals surface area contributed by atoms with Gasteiger partial charge in [-0.3, -0.25) is 9.88 Å². The van der Waals surface area contributed by atoms with Crippen LogP contribution in [0.25, 0.3) is 10.9 Å². The zero-order valence-corrected chi connectivity index (χ0v) is 15.7. The largest absolute Gasteiger partial charge is 0.337 e. The molecule has 2 aromatic heterocycles. The van der Waals surface area contributed by atoms with Gasteiger partial charge in [-0.25, -0.2) is 4.98 Å².